The van der Waals surface area contributed by atoms with Crippen molar-refractivity contribution in [2.45, 2.75) is 31.6 Å². The number of nitrogens with zero attached hydrogens (tertiary/aromatic N) is 2. The van der Waals surface area contributed by atoms with Gasteiger partial charge in [0, 0.05) is 46.2 Å². The zero-order valence-corrected chi connectivity index (χ0v) is 13.9. The van der Waals surface area contributed by atoms with Gasteiger partial charge < -0.3 is 4.57 Å². The minimum atomic E-state index is -0.806. The molecule has 0 aliphatic carbocycles. The van der Waals surface area contributed by atoms with Gasteiger partial charge in [-0.25, -0.2) is 4.98 Å². The van der Waals surface area contributed by atoms with Crippen molar-refractivity contribution in [3.63, 3.8) is 0 Å². The van der Waals surface area contributed by atoms with Crippen LogP contribution in [0.15, 0.2) is 18.2 Å². The molecule has 0 aliphatic rings. The van der Waals surface area contributed by atoms with Crippen LogP contribution in [0, 0.1) is 0 Å². The average Bonchev–Trinajstić information content (AvgIpc) is 2.73. The number of halogens is 2. The Kier molecular flexibility index (Phi) is 5.47. The summed E-state index contributed by atoms with van der Waals surface area (Å²) in [6.45, 7) is 2.78. The zero-order chi connectivity index (χ0) is 14.7. The number of alkyl halides is 1. The first-order chi connectivity index (χ1) is 9.52. The van der Waals surface area contributed by atoms with E-state index in [0.29, 0.717) is 10.9 Å². The normalized spacial score (nSPS) is 14.6. The molecule has 2 aromatic rings. The molecule has 2 unspecified atom stereocenters. The van der Waals surface area contributed by atoms with Crippen molar-refractivity contribution in [3.05, 3.63) is 29.0 Å². The van der Waals surface area contributed by atoms with Gasteiger partial charge in [-0.15, -0.1) is 11.6 Å². The average molecular weight is 333 g/mol. The minimum Gasteiger partial charge on any atom is -0.328 e. The number of hydrogen-bond acceptors (Lipinski definition) is 2. The molecular formula is C14H18Cl2N2OS. The van der Waals surface area contributed by atoms with Gasteiger partial charge in [0.1, 0.15) is 5.82 Å². The van der Waals surface area contributed by atoms with E-state index in [2.05, 4.69) is 9.55 Å². The Morgan fingerprint density at radius 1 is 1.45 bits per heavy atom. The summed E-state index contributed by atoms with van der Waals surface area (Å²) in [5, 5.41) is 0.860. The molecule has 1 heterocycles. The summed E-state index contributed by atoms with van der Waals surface area (Å²) in [7, 11) is -0.806. The third-order valence-electron chi connectivity index (χ3n) is 3.43. The van der Waals surface area contributed by atoms with Gasteiger partial charge in [0.25, 0.3) is 0 Å². The topological polar surface area (TPSA) is 34.9 Å². The molecule has 6 heteroatoms. The second-order valence-electron chi connectivity index (χ2n) is 4.85. The summed E-state index contributed by atoms with van der Waals surface area (Å²) in [6, 6.07) is 5.69. The number of imidazole rings is 1. The van der Waals surface area contributed by atoms with Crippen molar-refractivity contribution in [3.8, 4) is 0 Å². The second kappa shape index (κ2) is 6.92. The lowest BCUT2D eigenvalue weighted by atomic mass is 10.3. The van der Waals surface area contributed by atoms with E-state index in [1.54, 1.807) is 6.26 Å². The highest BCUT2D eigenvalue weighted by atomic mass is 35.5. The monoisotopic (exact) mass is 332 g/mol. The van der Waals surface area contributed by atoms with E-state index in [1.807, 2.05) is 25.1 Å². The van der Waals surface area contributed by atoms with Crippen LogP contribution in [-0.4, -0.2) is 31.1 Å². The zero-order valence-electron chi connectivity index (χ0n) is 11.6. The second-order valence-corrected chi connectivity index (χ2v) is 7.47. The van der Waals surface area contributed by atoms with Crippen molar-refractivity contribution in [1.29, 1.82) is 0 Å². The van der Waals surface area contributed by atoms with E-state index < -0.39 is 10.8 Å². The Morgan fingerprint density at radius 3 is 2.85 bits per heavy atom. The largest absolute Gasteiger partial charge is 0.328 e. The molecule has 110 valence electrons. The number of fused-ring (bicyclic) bond motifs is 1. The van der Waals surface area contributed by atoms with Gasteiger partial charge in [-0.1, -0.05) is 18.5 Å². The molecule has 0 fully saturated rings. The molecule has 0 saturated carbocycles. The predicted octanol–water partition coefficient (Wildman–Crippen LogP) is 3.63. The van der Waals surface area contributed by atoms with E-state index in [1.165, 1.54) is 0 Å². The highest BCUT2D eigenvalue weighted by Crippen LogP contribution is 2.22. The van der Waals surface area contributed by atoms with Crippen LogP contribution < -0.4 is 0 Å². The van der Waals surface area contributed by atoms with Crippen LogP contribution in [0.25, 0.3) is 11.0 Å². The van der Waals surface area contributed by atoms with Crippen molar-refractivity contribution >= 4 is 45.0 Å². The van der Waals surface area contributed by atoms with Gasteiger partial charge >= 0.3 is 0 Å². The molecule has 0 aliphatic heterocycles. The van der Waals surface area contributed by atoms with E-state index in [4.69, 9.17) is 23.2 Å². The Hall–Kier alpha value is -0.580. The first kappa shape index (κ1) is 15.8. The summed E-state index contributed by atoms with van der Waals surface area (Å²) in [6.07, 6.45) is 3.31. The molecule has 20 heavy (non-hydrogen) atoms. The Labute approximate surface area is 131 Å². The molecule has 0 bridgehead atoms. The molecule has 3 nitrogen and oxygen atoms in total. The Morgan fingerprint density at radius 2 is 2.20 bits per heavy atom. The van der Waals surface area contributed by atoms with E-state index in [0.717, 1.165) is 36.2 Å². The fourth-order valence-electron chi connectivity index (χ4n) is 2.15. The number of rotatable bonds is 6. The van der Waals surface area contributed by atoms with Crippen LogP contribution in [0.2, 0.25) is 5.02 Å². The molecule has 1 aromatic heterocycles. The Balaban J connectivity index is 2.34. The summed E-state index contributed by atoms with van der Waals surface area (Å²) >= 11 is 11.9. The lowest BCUT2D eigenvalue weighted by Gasteiger charge is -2.12. The van der Waals surface area contributed by atoms with Crippen LogP contribution in [0.5, 0.6) is 0 Å². The lowest BCUT2D eigenvalue weighted by Crippen LogP contribution is -2.14. The molecule has 2 rings (SSSR count). The molecule has 0 radical (unpaired) electrons. The number of hydrogen-bond donors (Lipinski definition) is 0. The van der Waals surface area contributed by atoms with Crippen molar-refractivity contribution in [1.82, 2.24) is 9.55 Å². The summed E-state index contributed by atoms with van der Waals surface area (Å²) in [5.74, 6) is 1.50. The van der Waals surface area contributed by atoms with Crippen LogP contribution in [0.3, 0.4) is 0 Å². The number of aromatic nitrogens is 2. The first-order valence-corrected chi connectivity index (χ1v) is 9.09. The van der Waals surface area contributed by atoms with Crippen LogP contribution in [-0.2, 0) is 23.8 Å². The maximum absolute atomic E-state index is 11.5. The SMILES string of the molecule is CC(CCn1c(CCCl)nc2ccc(Cl)cc21)S(C)=O. The van der Waals surface area contributed by atoms with Gasteiger partial charge in [-0.3, -0.25) is 4.21 Å². The molecule has 0 N–H and O–H groups in total. The molecule has 0 saturated heterocycles. The molecule has 1 aromatic carbocycles. The fourth-order valence-corrected chi connectivity index (χ4v) is 2.92. The van der Waals surface area contributed by atoms with Gasteiger partial charge in [0.15, 0.2) is 0 Å². The van der Waals surface area contributed by atoms with Crippen molar-refractivity contribution in [2.24, 2.45) is 0 Å². The van der Waals surface area contributed by atoms with E-state index >= 15 is 0 Å². The van der Waals surface area contributed by atoms with Gasteiger partial charge in [-0.05, 0) is 24.6 Å². The smallest absolute Gasteiger partial charge is 0.111 e. The lowest BCUT2D eigenvalue weighted by molar-refractivity contribution is 0.611. The summed E-state index contributed by atoms with van der Waals surface area (Å²) < 4.78 is 13.6. The fraction of sp³-hybridized carbons (Fsp3) is 0.500. The van der Waals surface area contributed by atoms with Crippen LogP contribution >= 0.6 is 23.2 Å². The van der Waals surface area contributed by atoms with E-state index in [-0.39, 0.29) is 5.25 Å². The number of aryl methyl sites for hydroxylation is 2. The summed E-state index contributed by atoms with van der Waals surface area (Å²) in [5.41, 5.74) is 1.95. The van der Waals surface area contributed by atoms with Gasteiger partial charge in [0.2, 0.25) is 0 Å². The van der Waals surface area contributed by atoms with Crippen LogP contribution in [0.4, 0.5) is 0 Å². The molecule has 0 spiro atoms. The number of benzene rings is 1. The highest BCUT2D eigenvalue weighted by Gasteiger charge is 2.13. The predicted molar refractivity (Wildman–Crippen MR) is 87.3 cm³/mol. The van der Waals surface area contributed by atoms with Crippen LogP contribution in [0.1, 0.15) is 19.2 Å². The molecule has 0 amide bonds. The van der Waals surface area contributed by atoms with Crippen molar-refractivity contribution in [2.75, 3.05) is 12.1 Å². The highest BCUT2D eigenvalue weighted by molar-refractivity contribution is 7.84. The Bertz CT molecular complexity index is 627. The van der Waals surface area contributed by atoms with Gasteiger partial charge in [0.05, 0.1) is 11.0 Å². The minimum absolute atomic E-state index is 0.162. The van der Waals surface area contributed by atoms with Gasteiger partial charge in [-0.2, -0.15) is 0 Å². The standard InChI is InChI=1S/C14H18Cl2N2OS/c1-10(20(2)19)6-8-18-13-9-11(16)3-4-12(13)17-14(18)5-7-15/h3-4,9-10H,5-8H2,1-2H3. The maximum Gasteiger partial charge on any atom is 0.111 e. The molecule has 2 atom stereocenters. The third-order valence-corrected chi connectivity index (χ3v) is 5.23. The first-order valence-electron chi connectivity index (χ1n) is 6.55. The van der Waals surface area contributed by atoms with Crippen molar-refractivity contribution < 1.29 is 4.21 Å². The summed E-state index contributed by atoms with van der Waals surface area (Å²) in [4.78, 5) is 4.61. The quantitative estimate of drug-likeness (QED) is 0.757. The molecular weight excluding hydrogens is 315 g/mol. The maximum atomic E-state index is 11.5. The van der Waals surface area contributed by atoms with E-state index in [9.17, 15) is 4.21 Å². The third kappa shape index (κ3) is 3.54.